The maximum atomic E-state index is 10.6. The Balaban J connectivity index is 2.57. The van der Waals surface area contributed by atoms with E-state index in [1.807, 2.05) is 6.92 Å². The van der Waals surface area contributed by atoms with E-state index >= 15 is 0 Å². The molecular weight excluding hydrogens is 230 g/mol. The van der Waals surface area contributed by atoms with E-state index in [0.29, 0.717) is 19.6 Å². The summed E-state index contributed by atoms with van der Waals surface area (Å²) in [5, 5.41) is 20.1. The molecule has 0 saturated carbocycles. The number of nitrogens with zero attached hydrogens (tertiary/aromatic N) is 1. The van der Waals surface area contributed by atoms with Crippen LogP contribution in [0.25, 0.3) is 0 Å². The maximum Gasteiger partial charge on any atom is 0.0799 e. The summed E-state index contributed by atoms with van der Waals surface area (Å²) in [5.41, 5.74) is 0.399. The summed E-state index contributed by atoms with van der Waals surface area (Å²) < 4.78 is 5.31. The first-order valence-corrected chi connectivity index (χ1v) is 6.76. The van der Waals surface area contributed by atoms with E-state index in [9.17, 15) is 10.2 Å². The van der Waals surface area contributed by atoms with Crippen LogP contribution in [0, 0.1) is 0 Å². The van der Waals surface area contributed by atoms with Gasteiger partial charge in [0.25, 0.3) is 0 Å². The average Bonchev–Trinajstić information content (AvgIpc) is 2.30. The Hall–Kier alpha value is -0.420. The van der Waals surface area contributed by atoms with Gasteiger partial charge in [-0.15, -0.1) is 0 Å². The maximum absolute atomic E-state index is 10.6. The van der Waals surface area contributed by atoms with Crippen molar-refractivity contribution in [3.63, 3.8) is 0 Å². The number of hydrogen-bond acceptors (Lipinski definition) is 4. The van der Waals surface area contributed by atoms with Gasteiger partial charge in [-0.05, 0) is 33.6 Å². The van der Waals surface area contributed by atoms with E-state index in [1.54, 1.807) is 0 Å². The summed E-state index contributed by atoms with van der Waals surface area (Å²) in [6.07, 6.45) is 3.64. The number of allylic oxidation sites excluding steroid dienone is 2. The molecule has 1 fully saturated rings. The smallest absolute Gasteiger partial charge is 0.0799 e. The quantitative estimate of drug-likeness (QED) is 0.702. The summed E-state index contributed by atoms with van der Waals surface area (Å²) in [6.45, 7) is 8.85. The predicted octanol–water partition coefficient (Wildman–Crippen LogP) is 1.18. The van der Waals surface area contributed by atoms with Crippen molar-refractivity contribution in [3.8, 4) is 0 Å². The molecule has 2 unspecified atom stereocenters. The van der Waals surface area contributed by atoms with Gasteiger partial charge in [0.05, 0.1) is 31.5 Å². The minimum atomic E-state index is -0.863. The van der Waals surface area contributed by atoms with Crippen molar-refractivity contribution >= 4 is 0 Å². The Morgan fingerprint density at radius 2 is 2.00 bits per heavy atom. The predicted molar refractivity (Wildman–Crippen MR) is 72.6 cm³/mol. The minimum absolute atomic E-state index is 0.0121. The summed E-state index contributed by atoms with van der Waals surface area (Å²) in [4.78, 5) is 2.13. The molecule has 106 valence electrons. The molecule has 0 aromatic carbocycles. The molecule has 1 saturated heterocycles. The SMILES string of the molecule is CC(C)=CCCC(C)(O)C(CO)N1CCOCC1. The van der Waals surface area contributed by atoms with Crippen LogP contribution in [-0.2, 0) is 4.74 Å². The number of hydrogen-bond donors (Lipinski definition) is 2. The lowest BCUT2D eigenvalue weighted by molar-refractivity contribution is -0.0869. The molecule has 0 radical (unpaired) electrons. The molecule has 4 nitrogen and oxygen atoms in total. The molecule has 1 aliphatic heterocycles. The Labute approximate surface area is 110 Å². The topological polar surface area (TPSA) is 52.9 Å². The van der Waals surface area contributed by atoms with Crippen LogP contribution in [0.2, 0.25) is 0 Å². The zero-order chi connectivity index (χ0) is 13.6. The molecule has 18 heavy (non-hydrogen) atoms. The summed E-state index contributed by atoms with van der Waals surface area (Å²) in [5.74, 6) is 0. The Bertz CT molecular complexity index is 266. The van der Waals surface area contributed by atoms with Crippen molar-refractivity contribution in [3.05, 3.63) is 11.6 Å². The monoisotopic (exact) mass is 257 g/mol. The second kappa shape index (κ2) is 7.24. The summed E-state index contributed by atoms with van der Waals surface area (Å²) >= 11 is 0. The van der Waals surface area contributed by atoms with Gasteiger partial charge in [-0.3, -0.25) is 4.90 Å². The fourth-order valence-corrected chi connectivity index (χ4v) is 2.41. The zero-order valence-electron chi connectivity index (χ0n) is 11.9. The third kappa shape index (κ3) is 4.69. The molecule has 0 spiro atoms. The second-order valence-electron chi connectivity index (χ2n) is 5.52. The fraction of sp³-hybridized carbons (Fsp3) is 0.857. The van der Waals surface area contributed by atoms with Gasteiger partial charge in [-0.25, -0.2) is 0 Å². The van der Waals surface area contributed by atoms with Gasteiger partial charge >= 0.3 is 0 Å². The number of aliphatic hydroxyl groups is 2. The molecule has 0 aliphatic carbocycles. The number of rotatable bonds is 6. The van der Waals surface area contributed by atoms with E-state index in [0.717, 1.165) is 19.5 Å². The zero-order valence-corrected chi connectivity index (χ0v) is 11.9. The number of morpholine rings is 1. The van der Waals surface area contributed by atoms with E-state index in [4.69, 9.17) is 4.74 Å². The minimum Gasteiger partial charge on any atom is -0.395 e. The molecule has 2 N–H and O–H groups in total. The van der Waals surface area contributed by atoms with Crippen LogP contribution in [0.5, 0.6) is 0 Å². The van der Waals surface area contributed by atoms with E-state index in [-0.39, 0.29) is 12.6 Å². The first-order valence-electron chi connectivity index (χ1n) is 6.76. The van der Waals surface area contributed by atoms with Crippen LogP contribution >= 0.6 is 0 Å². The van der Waals surface area contributed by atoms with Crippen LogP contribution in [0.3, 0.4) is 0 Å². The van der Waals surface area contributed by atoms with Gasteiger partial charge in [-0.1, -0.05) is 11.6 Å². The van der Waals surface area contributed by atoms with E-state index in [1.165, 1.54) is 5.57 Å². The van der Waals surface area contributed by atoms with Crippen molar-refractivity contribution in [1.82, 2.24) is 4.90 Å². The molecule has 0 aromatic rings. The highest BCUT2D eigenvalue weighted by Gasteiger charge is 2.35. The standard InChI is InChI=1S/C14H27NO3/c1-12(2)5-4-6-14(3,17)13(11-16)15-7-9-18-10-8-15/h5,13,16-17H,4,6-11H2,1-3H3. The summed E-state index contributed by atoms with van der Waals surface area (Å²) in [6, 6.07) is -0.202. The highest BCUT2D eigenvalue weighted by atomic mass is 16.5. The van der Waals surface area contributed by atoms with Gasteiger partial charge in [0.2, 0.25) is 0 Å². The highest BCUT2D eigenvalue weighted by Crippen LogP contribution is 2.23. The lowest BCUT2D eigenvalue weighted by atomic mass is 9.89. The molecule has 1 heterocycles. The van der Waals surface area contributed by atoms with Crippen LogP contribution in [0.4, 0.5) is 0 Å². The largest absolute Gasteiger partial charge is 0.395 e. The highest BCUT2D eigenvalue weighted by molar-refractivity contribution is 4.97. The van der Waals surface area contributed by atoms with E-state index < -0.39 is 5.60 Å². The van der Waals surface area contributed by atoms with Crippen molar-refractivity contribution in [2.45, 2.75) is 45.3 Å². The van der Waals surface area contributed by atoms with Crippen molar-refractivity contribution < 1.29 is 14.9 Å². The van der Waals surface area contributed by atoms with Gasteiger partial charge in [0.15, 0.2) is 0 Å². The Morgan fingerprint density at radius 1 is 1.39 bits per heavy atom. The normalized spacial score (nSPS) is 22.3. The van der Waals surface area contributed by atoms with Crippen LogP contribution in [0.1, 0.15) is 33.6 Å². The Kier molecular flexibility index (Phi) is 6.29. The second-order valence-corrected chi connectivity index (χ2v) is 5.52. The molecule has 0 bridgehead atoms. The first kappa shape index (κ1) is 15.6. The van der Waals surface area contributed by atoms with Crippen LogP contribution < -0.4 is 0 Å². The van der Waals surface area contributed by atoms with Crippen molar-refractivity contribution in [2.75, 3.05) is 32.9 Å². The first-order chi connectivity index (χ1) is 8.47. The molecular formula is C14H27NO3. The van der Waals surface area contributed by atoms with Crippen LogP contribution in [-0.4, -0.2) is 59.7 Å². The Morgan fingerprint density at radius 3 is 2.50 bits per heavy atom. The number of ether oxygens (including phenoxy) is 1. The van der Waals surface area contributed by atoms with Gasteiger partial charge < -0.3 is 14.9 Å². The summed E-state index contributed by atoms with van der Waals surface area (Å²) in [7, 11) is 0. The molecule has 1 aliphatic rings. The lowest BCUT2D eigenvalue weighted by Crippen LogP contribution is -2.56. The lowest BCUT2D eigenvalue weighted by Gasteiger charge is -2.41. The van der Waals surface area contributed by atoms with Crippen molar-refractivity contribution in [1.29, 1.82) is 0 Å². The third-order valence-electron chi connectivity index (χ3n) is 3.58. The fourth-order valence-electron chi connectivity index (χ4n) is 2.41. The average molecular weight is 257 g/mol. The molecule has 0 amide bonds. The molecule has 0 aromatic heterocycles. The molecule has 1 rings (SSSR count). The van der Waals surface area contributed by atoms with Gasteiger partial charge in [0, 0.05) is 13.1 Å². The van der Waals surface area contributed by atoms with E-state index in [2.05, 4.69) is 24.8 Å². The molecule has 4 heteroatoms. The number of aliphatic hydroxyl groups excluding tert-OH is 1. The molecule has 2 atom stereocenters. The van der Waals surface area contributed by atoms with Crippen molar-refractivity contribution in [2.24, 2.45) is 0 Å². The van der Waals surface area contributed by atoms with Gasteiger partial charge in [0.1, 0.15) is 0 Å². The van der Waals surface area contributed by atoms with Gasteiger partial charge in [-0.2, -0.15) is 0 Å². The van der Waals surface area contributed by atoms with Crippen LogP contribution in [0.15, 0.2) is 11.6 Å². The third-order valence-corrected chi connectivity index (χ3v) is 3.58.